The Morgan fingerprint density at radius 2 is 1.61 bits per heavy atom. The summed E-state index contributed by atoms with van der Waals surface area (Å²) in [4.78, 5) is 15.4. The van der Waals surface area contributed by atoms with Crippen molar-refractivity contribution >= 4 is 28.3 Å². The highest BCUT2D eigenvalue weighted by atomic mass is 35.5. The summed E-state index contributed by atoms with van der Waals surface area (Å²) in [5, 5.41) is 1.89. The number of ether oxygens (including phenoxy) is 2. The van der Waals surface area contributed by atoms with E-state index in [2.05, 4.69) is 9.72 Å². The first kappa shape index (κ1) is 29.0. The summed E-state index contributed by atoms with van der Waals surface area (Å²) in [6, 6.07) is 6.78. The number of fused-ring (bicyclic) bond motifs is 1. The standard InChI is InChI=1S/C12H10ClNO3.C7H11F3.2C2H6/c1-16-11-9-4-3-7(12(15)17-2)5-8(9)6-10(13)14-11;8-7(9,10)6-4-2-1-3-5-6;2*1-2/h3-6H,1-2H3;6H,1-5H2;2*1-2H3. The molecule has 1 fully saturated rings. The molecule has 0 spiro atoms. The molecule has 31 heavy (non-hydrogen) atoms. The second-order valence-electron chi connectivity index (χ2n) is 6.26. The molecule has 1 aromatic carbocycles. The van der Waals surface area contributed by atoms with Crippen molar-refractivity contribution < 1.29 is 27.4 Å². The molecule has 0 radical (unpaired) electrons. The third-order valence-corrected chi connectivity index (χ3v) is 4.64. The summed E-state index contributed by atoms with van der Waals surface area (Å²) >= 11 is 5.86. The predicted molar refractivity (Wildman–Crippen MR) is 120 cm³/mol. The molecule has 176 valence electrons. The Balaban J connectivity index is 0.000000549. The number of hydrogen-bond donors (Lipinski definition) is 0. The third-order valence-electron chi connectivity index (χ3n) is 4.45. The van der Waals surface area contributed by atoms with Crippen LogP contribution in [-0.2, 0) is 4.74 Å². The first-order valence-electron chi connectivity index (χ1n) is 10.6. The lowest BCUT2D eigenvalue weighted by Crippen LogP contribution is -2.24. The van der Waals surface area contributed by atoms with E-state index in [1.807, 2.05) is 27.7 Å². The van der Waals surface area contributed by atoms with Gasteiger partial charge in [-0.2, -0.15) is 13.2 Å². The smallest absolute Gasteiger partial charge is 0.391 e. The molecular formula is C23H33ClF3NO3. The molecule has 0 unspecified atom stereocenters. The molecule has 1 heterocycles. The first-order chi connectivity index (χ1) is 14.8. The van der Waals surface area contributed by atoms with Gasteiger partial charge in [0.05, 0.1) is 25.7 Å². The van der Waals surface area contributed by atoms with Crippen LogP contribution in [0.4, 0.5) is 13.2 Å². The number of carbonyl (C=O) groups is 1. The van der Waals surface area contributed by atoms with Crippen LogP contribution in [-0.4, -0.2) is 31.3 Å². The number of halogens is 4. The molecule has 0 bridgehead atoms. The summed E-state index contributed by atoms with van der Waals surface area (Å²) < 4.78 is 45.6. The van der Waals surface area contributed by atoms with Gasteiger partial charge in [0.1, 0.15) is 5.15 Å². The predicted octanol–water partition coefficient (Wildman–Crippen LogP) is 7.86. The van der Waals surface area contributed by atoms with Crippen LogP contribution in [0.15, 0.2) is 24.3 Å². The van der Waals surface area contributed by atoms with Crippen molar-refractivity contribution in [2.75, 3.05) is 14.2 Å². The molecule has 0 aliphatic heterocycles. The van der Waals surface area contributed by atoms with Crippen molar-refractivity contribution in [3.63, 3.8) is 0 Å². The highest BCUT2D eigenvalue weighted by Crippen LogP contribution is 2.37. The summed E-state index contributed by atoms with van der Waals surface area (Å²) in [5.74, 6) is -0.955. The molecule has 2 aromatic rings. The van der Waals surface area contributed by atoms with Crippen molar-refractivity contribution in [2.45, 2.75) is 66.0 Å². The Morgan fingerprint density at radius 3 is 2.06 bits per heavy atom. The van der Waals surface area contributed by atoms with E-state index in [0.717, 1.165) is 30.0 Å². The van der Waals surface area contributed by atoms with Crippen LogP contribution in [0.25, 0.3) is 10.8 Å². The van der Waals surface area contributed by atoms with Gasteiger partial charge in [-0.3, -0.25) is 0 Å². The lowest BCUT2D eigenvalue weighted by molar-refractivity contribution is -0.181. The number of methoxy groups -OCH3 is 2. The maximum Gasteiger partial charge on any atom is 0.391 e. The van der Waals surface area contributed by atoms with E-state index in [1.165, 1.54) is 14.2 Å². The zero-order chi connectivity index (χ0) is 24.0. The van der Waals surface area contributed by atoms with Gasteiger partial charge in [-0.05, 0) is 42.5 Å². The molecule has 0 N–H and O–H groups in total. The second kappa shape index (κ2) is 14.9. The Bertz CT molecular complexity index is 791. The van der Waals surface area contributed by atoms with Crippen LogP contribution in [0, 0.1) is 5.92 Å². The normalized spacial score (nSPS) is 13.5. The molecule has 1 saturated carbocycles. The number of nitrogens with zero attached hydrogens (tertiary/aromatic N) is 1. The molecule has 1 aliphatic rings. The van der Waals surface area contributed by atoms with Crippen LogP contribution < -0.4 is 4.74 Å². The van der Waals surface area contributed by atoms with Crippen molar-refractivity contribution in [3.8, 4) is 5.88 Å². The number of esters is 1. The number of hydrogen-bond acceptors (Lipinski definition) is 4. The number of carbonyl (C=O) groups excluding carboxylic acids is 1. The fourth-order valence-electron chi connectivity index (χ4n) is 3.03. The zero-order valence-electron chi connectivity index (χ0n) is 19.1. The second-order valence-corrected chi connectivity index (χ2v) is 6.65. The van der Waals surface area contributed by atoms with E-state index in [-0.39, 0.29) is 5.97 Å². The summed E-state index contributed by atoms with van der Waals surface area (Å²) in [5.41, 5.74) is 0.462. The average molecular weight is 464 g/mol. The molecule has 3 rings (SSSR count). The molecule has 1 aromatic heterocycles. The highest BCUT2D eigenvalue weighted by Gasteiger charge is 2.39. The van der Waals surface area contributed by atoms with Crippen molar-refractivity contribution in [3.05, 3.63) is 35.0 Å². The Hall–Kier alpha value is -2.02. The van der Waals surface area contributed by atoms with Crippen LogP contribution >= 0.6 is 11.6 Å². The number of benzene rings is 1. The third kappa shape index (κ3) is 9.33. The maximum atomic E-state index is 11.9. The van der Waals surface area contributed by atoms with Crippen LogP contribution in [0.2, 0.25) is 5.15 Å². The Kier molecular flexibility index (Phi) is 13.9. The van der Waals surface area contributed by atoms with Crippen molar-refractivity contribution in [1.29, 1.82) is 0 Å². The van der Waals surface area contributed by atoms with E-state index < -0.39 is 12.1 Å². The average Bonchev–Trinajstić information content (AvgIpc) is 2.80. The fraction of sp³-hybridized carbons (Fsp3) is 0.565. The van der Waals surface area contributed by atoms with Crippen LogP contribution in [0.1, 0.15) is 70.2 Å². The molecule has 4 nitrogen and oxygen atoms in total. The molecule has 0 atom stereocenters. The fourth-order valence-corrected chi connectivity index (χ4v) is 3.22. The molecule has 0 amide bonds. The van der Waals surface area contributed by atoms with Crippen molar-refractivity contribution in [1.82, 2.24) is 4.98 Å². The van der Waals surface area contributed by atoms with E-state index in [1.54, 1.807) is 24.3 Å². The van der Waals surface area contributed by atoms with E-state index in [0.29, 0.717) is 29.4 Å². The van der Waals surface area contributed by atoms with Gasteiger partial charge < -0.3 is 9.47 Å². The minimum absolute atomic E-state index is 0.316. The van der Waals surface area contributed by atoms with Gasteiger partial charge in [0.15, 0.2) is 0 Å². The highest BCUT2D eigenvalue weighted by molar-refractivity contribution is 6.30. The molecule has 8 heteroatoms. The number of alkyl halides is 3. The largest absolute Gasteiger partial charge is 0.481 e. The monoisotopic (exact) mass is 463 g/mol. The van der Waals surface area contributed by atoms with E-state index >= 15 is 0 Å². The van der Waals surface area contributed by atoms with Gasteiger partial charge in [0.2, 0.25) is 5.88 Å². The van der Waals surface area contributed by atoms with Crippen LogP contribution in [0.3, 0.4) is 0 Å². The number of pyridine rings is 1. The van der Waals surface area contributed by atoms with Gasteiger partial charge in [-0.1, -0.05) is 58.6 Å². The quantitative estimate of drug-likeness (QED) is 0.336. The van der Waals surface area contributed by atoms with Gasteiger partial charge in [0, 0.05) is 5.39 Å². The van der Waals surface area contributed by atoms with Gasteiger partial charge in [0.25, 0.3) is 0 Å². The zero-order valence-corrected chi connectivity index (χ0v) is 19.9. The summed E-state index contributed by atoms with van der Waals surface area (Å²) in [7, 11) is 2.86. The topological polar surface area (TPSA) is 48.4 Å². The molecule has 0 saturated heterocycles. The minimum Gasteiger partial charge on any atom is -0.481 e. The lowest BCUT2D eigenvalue weighted by Gasteiger charge is -2.23. The van der Waals surface area contributed by atoms with Crippen LogP contribution in [0.5, 0.6) is 5.88 Å². The minimum atomic E-state index is -3.93. The van der Waals surface area contributed by atoms with Crippen molar-refractivity contribution in [2.24, 2.45) is 5.92 Å². The molecular weight excluding hydrogens is 431 g/mol. The maximum absolute atomic E-state index is 11.9. The number of rotatable bonds is 2. The molecule has 1 aliphatic carbocycles. The van der Waals surface area contributed by atoms with Gasteiger partial charge >= 0.3 is 12.1 Å². The van der Waals surface area contributed by atoms with E-state index in [9.17, 15) is 18.0 Å². The SMILES string of the molecule is CC.CC.COC(=O)c1ccc2c(OC)nc(Cl)cc2c1.FC(F)(F)C1CCCCC1. The Morgan fingerprint density at radius 1 is 1.03 bits per heavy atom. The van der Waals surface area contributed by atoms with E-state index in [4.69, 9.17) is 16.3 Å². The summed E-state index contributed by atoms with van der Waals surface area (Å²) in [6.07, 6.45) is -0.742. The first-order valence-corrected chi connectivity index (χ1v) is 10.9. The number of aromatic nitrogens is 1. The summed E-state index contributed by atoms with van der Waals surface area (Å²) in [6.45, 7) is 8.00. The lowest BCUT2D eigenvalue weighted by atomic mass is 9.89. The van der Waals surface area contributed by atoms with Gasteiger partial charge in [-0.25, -0.2) is 9.78 Å². The Labute approximate surface area is 188 Å². The van der Waals surface area contributed by atoms with Gasteiger partial charge in [-0.15, -0.1) is 0 Å².